The number of carbonyl (C=O) groups excluding carboxylic acids is 1. The van der Waals surface area contributed by atoms with Gasteiger partial charge >= 0.3 is 0 Å². The molecule has 3 heterocycles. The van der Waals surface area contributed by atoms with E-state index in [1.54, 1.807) is 0 Å². The quantitative estimate of drug-likeness (QED) is 0.843. The number of nitrogens with zero attached hydrogens (tertiary/aromatic N) is 4. The normalized spacial score (nSPS) is 22.9. The number of piperidine rings is 2. The van der Waals surface area contributed by atoms with E-state index in [4.69, 9.17) is 0 Å². The van der Waals surface area contributed by atoms with Gasteiger partial charge in [0.05, 0.1) is 0 Å². The third kappa shape index (κ3) is 5.22. The van der Waals surface area contributed by atoms with Crippen molar-refractivity contribution in [2.24, 2.45) is 5.92 Å². The molecule has 2 saturated heterocycles. The van der Waals surface area contributed by atoms with Crippen molar-refractivity contribution in [2.75, 3.05) is 37.6 Å². The second-order valence-electron chi connectivity index (χ2n) is 8.88. The van der Waals surface area contributed by atoms with Gasteiger partial charge < -0.3 is 15.1 Å². The summed E-state index contributed by atoms with van der Waals surface area (Å²) >= 11 is 0. The van der Waals surface area contributed by atoms with Crippen LogP contribution in [0.25, 0.3) is 0 Å². The minimum absolute atomic E-state index is 0.0776. The highest BCUT2D eigenvalue weighted by Crippen LogP contribution is 2.23. The van der Waals surface area contributed by atoms with Crippen LogP contribution in [0, 0.1) is 5.92 Å². The highest BCUT2D eigenvalue weighted by molar-refractivity contribution is 5.92. The first-order chi connectivity index (χ1) is 13.8. The standard InChI is InChI=1S/C22H35N5O/c28-22(23-19-7-3-1-4-8-19)20-9-10-21(25-24-20)27-15-11-18(12-16-27)17-26-13-5-2-6-14-26/h9-10,18-19H,1-8,11-17H2,(H,23,28). The van der Waals surface area contributed by atoms with Crippen molar-refractivity contribution < 1.29 is 4.79 Å². The first kappa shape index (κ1) is 19.6. The molecule has 1 aromatic rings. The van der Waals surface area contributed by atoms with E-state index in [1.807, 2.05) is 12.1 Å². The number of aromatic nitrogens is 2. The van der Waals surface area contributed by atoms with E-state index in [9.17, 15) is 4.79 Å². The number of rotatable bonds is 5. The smallest absolute Gasteiger partial charge is 0.272 e. The molecule has 0 bridgehead atoms. The molecule has 1 N–H and O–H groups in total. The zero-order chi connectivity index (χ0) is 19.2. The van der Waals surface area contributed by atoms with Gasteiger partial charge in [-0.05, 0) is 69.7 Å². The molecule has 1 saturated carbocycles. The third-order valence-corrected chi connectivity index (χ3v) is 6.73. The van der Waals surface area contributed by atoms with Crippen LogP contribution in [0.5, 0.6) is 0 Å². The Bertz CT molecular complexity index is 614. The van der Waals surface area contributed by atoms with Gasteiger partial charge in [0, 0.05) is 25.7 Å². The summed E-state index contributed by atoms with van der Waals surface area (Å²) in [6.45, 7) is 5.92. The lowest BCUT2D eigenvalue weighted by Crippen LogP contribution is -2.40. The minimum atomic E-state index is -0.0776. The molecule has 0 unspecified atom stereocenters. The van der Waals surface area contributed by atoms with Gasteiger partial charge in [-0.1, -0.05) is 25.7 Å². The van der Waals surface area contributed by atoms with Crippen LogP contribution in [0.4, 0.5) is 5.82 Å². The summed E-state index contributed by atoms with van der Waals surface area (Å²) in [4.78, 5) is 17.4. The van der Waals surface area contributed by atoms with Crippen LogP contribution in [0.1, 0.15) is 74.7 Å². The number of nitrogens with one attached hydrogen (secondary N) is 1. The van der Waals surface area contributed by atoms with Gasteiger partial charge in [0.15, 0.2) is 11.5 Å². The van der Waals surface area contributed by atoms with E-state index in [1.165, 1.54) is 71.0 Å². The van der Waals surface area contributed by atoms with Gasteiger partial charge in [-0.2, -0.15) is 0 Å². The van der Waals surface area contributed by atoms with Crippen molar-refractivity contribution in [1.29, 1.82) is 0 Å². The summed E-state index contributed by atoms with van der Waals surface area (Å²) in [5, 5.41) is 11.7. The van der Waals surface area contributed by atoms with Crippen LogP contribution in [-0.2, 0) is 0 Å². The monoisotopic (exact) mass is 385 g/mol. The maximum Gasteiger partial charge on any atom is 0.272 e. The van der Waals surface area contributed by atoms with E-state index in [2.05, 4.69) is 25.3 Å². The Kier molecular flexibility index (Phi) is 6.78. The molecule has 28 heavy (non-hydrogen) atoms. The lowest BCUT2D eigenvalue weighted by molar-refractivity contribution is 0.0921. The van der Waals surface area contributed by atoms with Crippen molar-refractivity contribution in [3.63, 3.8) is 0 Å². The molecule has 0 spiro atoms. The predicted molar refractivity (Wildman–Crippen MR) is 112 cm³/mol. The van der Waals surface area contributed by atoms with Gasteiger partial charge in [0.25, 0.3) is 5.91 Å². The first-order valence-electron chi connectivity index (χ1n) is 11.4. The van der Waals surface area contributed by atoms with Crippen LogP contribution < -0.4 is 10.2 Å². The van der Waals surface area contributed by atoms with Crippen molar-refractivity contribution in [1.82, 2.24) is 20.4 Å². The molecular weight excluding hydrogens is 350 g/mol. The SMILES string of the molecule is O=C(NC1CCCCC1)c1ccc(N2CCC(CN3CCCCC3)CC2)nn1. The summed E-state index contributed by atoms with van der Waals surface area (Å²) in [5.74, 6) is 1.64. The topological polar surface area (TPSA) is 61.4 Å². The van der Waals surface area contributed by atoms with Crippen LogP contribution in [-0.4, -0.2) is 59.8 Å². The molecule has 6 nitrogen and oxygen atoms in total. The van der Waals surface area contributed by atoms with E-state index in [0.29, 0.717) is 11.7 Å². The van der Waals surface area contributed by atoms with Crippen molar-refractivity contribution >= 4 is 11.7 Å². The van der Waals surface area contributed by atoms with E-state index >= 15 is 0 Å². The highest BCUT2D eigenvalue weighted by Gasteiger charge is 2.24. The number of amides is 1. The molecule has 0 atom stereocenters. The fourth-order valence-corrected chi connectivity index (χ4v) is 4.97. The summed E-state index contributed by atoms with van der Waals surface area (Å²) in [7, 11) is 0. The highest BCUT2D eigenvalue weighted by atomic mass is 16.2. The third-order valence-electron chi connectivity index (χ3n) is 6.73. The van der Waals surface area contributed by atoms with Crippen molar-refractivity contribution in [3.05, 3.63) is 17.8 Å². The molecule has 0 radical (unpaired) electrons. The van der Waals surface area contributed by atoms with Crippen molar-refractivity contribution in [3.8, 4) is 0 Å². The second-order valence-corrected chi connectivity index (χ2v) is 8.88. The first-order valence-corrected chi connectivity index (χ1v) is 11.4. The molecule has 3 aliphatic rings. The Balaban J connectivity index is 1.24. The van der Waals surface area contributed by atoms with Gasteiger partial charge in [0.2, 0.25) is 0 Å². The van der Waals surface area contributed by atoms with Gasteiger partial charge in [-0.15, -0.1) is 10.2 Å². The van der Waals surface area contributed by atoms with Crippen LogP contribution in [0.2, 0.25) is 0 Å². The number of anilines is 1. The molecule has 3 fully saturated rings. The molecule has 1 amide bonds. The molecule has 1 aromatic heterocycles. The zero-order valence-corrected chi connectivity index (χ0v) is 17.1. The largest absolute Gasteiger partial charge is 0.355 e. The van der Waals surface area contributed by atoms with Crippen molar-refractivity contribution in [2.45, 2.75) is 70.3 Å². The van der Waals surface area contributed by atoms with E-state index < -0.39 is 0 Å². The van der Waals surface area contributed by atoms with E-state index in [0.717, 1.165) is 37.7 Å². The molecule has 1 aliphatic carbocycles. The summed E-state index contributed by atoms with van der Waals surface area (Å²) in [6.07, 6.45) is 12.5. The fraction of sp³-hybridized carbons (Fsp3) is 0.773. The van der Waals surface area contributed by atoms with E-state index in [-0.39, 0.29) is 5.91 Å². The Labute approximate surface area is 169 Å². The predicted octanol–water partition coefficient (Wildman–Crippen LogP) is 3.24. The minimum Gasteiger partial charge on any atom is -0.355 e. The molecule has 6 heteroatoms. The maximum absolute atomic E-state index is 12.4. The number of hydrogen-bond donors (Lipinski definition) is 1. The van der Waals surface area contributed by atoms with Crippen LogP contribution in [0.15, 0.2) is 12.1 Å². The fourth-order valence-electron chi connectivity index (χ4n) is 4.97. The number of hydrogen-bond acceptors (Lipinski definition) is 5. The number of likely N-dealkylation sites (tertiary alicyclic amines) is 1. The average Bonchev–Trinajstić information content (AvgIpc) is 2.76. The van der Waals surface area contributed by atoms with Crippen LogP contribution in [0.3, 0.4) is 0 Å². The van der Waals surface area contributed by atoms with Crippen LogP contribution >= 0.6 is 0 Å². The summed E-state index contributed by atoms with van der Waals surface area (Å²) < 4.78 is 0. The Morgan fingerprint density at radius 3 is 2.29 bits per heavy atom. The second kappa shape index (κ2) is 9.68. The molecule has 4 rings (SSSR count). The number of carbonyl (C=O) groups is 1. The zero-order valence-electron chi connectivity index (χ0n) is 17.1. The molecular formula is C22H35N5O. The summed E-state index contributed by atoms with van der Waals surface area (Å²) in [6, 6.07) is 4.11. The molecule has 2 aliphatic heterocycles. The average molecular weight is 386 g/mol. The van der Waals surface area contributed by atoms with Gasteiger partial charge in [-0.25, -0.2) is 0 Å². The maximum atomic E-state index is 12.4. The van der Waals surface area contributed by atoms with Gasteiger partial charge in [0.1, 0.15) is 0 Å². The lowest BCUT2D eigenvalue weighted by Gasteiger charge is -2.36. The summed E-state index contributed by atoms with van der Waals surface area (Å²) in [5.41, 5.74) is 0.439. The molecule has 0 aromatic carbocycles. The Morgan fingerprint density at radius 2 is 1.61 bits per heavy atom. The Morgan fingerprint density at radius 1 is 0.893 bits per heavy atom. The Hall–Kier alpha value is -1.69. The lowest BCUT2D eigenvalue weighted by atomic mass is 9.95. The molecule has 154 valence electrons. The van der Waals surface area contributed by atoms with Gasteiger partial charge in [-0.3, -0.25) is 4.79 Å².